The second kappa shape index (κ2) is 9.82. The van der Waals surface area contributed by atoms with Crippen LogP contribution in [0.15, 0.2) is 36.5 Å². The predicted molar refractivity (Wildman–Crippen MR) is 127 cm³/mol. The smallest absolute Gasteiger partial charge is 0.274 e. The summed E-state index contributed by atoms with van der Waals surface area (Å²) < 4.78 is 40.6. The fraction of sp³-hybridized carbons (Fsp3) is 0.304. The van der Waals surface area contributed by atoms with Gasteiger partial charge in [-0.05, 0) is 42.7 Å². The molecule has 1 aliphatic heterocycles. The first kappa shape index (κ1) is 24.3. The minimum Gasteiger partial charge on any atom is -0.504 e. The number of nitrogens with zero attached hydrogens (tertiary/aromatic N) is 3. The number of rotatable bonds is 5. The van der Waals surface area contributed by atoms with Gasteiger partial charge in [-0.2, -0.15) is 0 Å². The molecule has 35 heavy (non-hydrogen) atoms. The third kappa shape index (κ3) is 4.87. The number of hydrogen-bond acceptors (Lipinski definition) is 7. The zero-order valence-corrected chi connectivity index (χ0v) is 19.7. The van der Waals surface area contributed by atoms with Crippen LogP contribution in [-0.4, -0.2) is 54.7 Å². The highest BCUT2D eigenvalue weighted by Crippen LogP contribution is 2.34. The lowest BCUT2D eigenvalue weighted by Gasteiger charge is -2.23. The fourth-order valence-corrected chi connectivity index (χ4v) is 5.57. The topological polar surface area (TPSA) is 142 Å². The summed E-state index contributed by atoms with van der Waals surface area (Å²) in [5, 5.41) is 16.0. The Morgan fingerprint density at radius 2 is 1.97 bits per heavy atom. The molecule has 1 aromatic carbocycles. The zero-order valence-electron chi connectivity index (χ0n) is 18.9. The molecule has 0 saturated carbocycles. The van der Waals surface area contributed by atoms with E-state index in [4.69, 9.17) is 0 Å². The van der Waals surface area contributed by atoms with E-state index in [2.05, 4.69) is 20.6 Å². The van der Waals surface area contributed by atoms with Crippen LogP contribution in [-0.2, 0) is 16.6 Å². The van der Waals surface area contributed by atoms with Gasteiger partial charge in [-0.1, -0.05) is 12.5 Å². The zero-order chi connectivity index (χ0) is 25.2. The van der Waals surface area contributed by atoms with Crippen molar-refractivity contribution < 1.29 is 27.5 Å². The van der Waals surface area contributed by atoms with Gasteiger partial charge in [0.1, 0.15) is 11.3 Å². The molecule has 1 saturated heterocycles. The molecule has 10 nitrogen and oxygen atoms in total. The molecule has 0 bridgehead atoms. The molecule has 0 atom stereocenters. The van der Waals surface area contributed by atoms with Crippen molar-refractivity contribution in [1.82, 2.24) is 20.6 Å². The van der Waals surface area contributed by atoms with Crippen LogP contribution in [0.3, 0.4) is 0 Å². The van der Waals surface area contributed by atoms with Crippen LogP contribution >= 0.6 is 0 Å². The molecule has 0 spiro atoms. The number of sulfonamides is 1. The summed E-state index contributed by atoms with van der Waals surface area (Å²) >= 11 is 0. The molecule has 2 aromatic heterocycles. The molecular formula is C23H24FN5O5S. The lowest BCUT2D eigenvalue weighted by molar-refractivity contribution is 0.0934. The summed E-state index contributed by atoms with van der Waals surface area (Å²) in [5.74, 6) is -2.48. The quantitative estimate of drug-likeness (QED) is 0.486. The molecule has 0 radical (unpaired) electrons. The number of fused-ring (bicyclic) bond motifs is 1. The van der Waals surface area contributed by atoms with E-state index in [9.17, 15) is 27.5 Å². The van der Waals surface area contributed by atoms with Gasteiger partial charge < -0.3 is 15.7 Å². The van der Waals surface area contributed by atoms with Crippen LogP contribution in [0, 0.1) is 5.82 Å². The third-order valence-electron chi connectivity index (χ3n) is 5.75. The van der Waals surface area contributed by atoms with Gasteiger partial charge in [0.2, 0.25) is 10.0 Å². The molecule has 4 rings (SSSR count). The van der Waals surface area contributed by atoms with Gasteiger partial charge in [0.15, 0.2) is 17.3 Å². The minimum atomic E-state index is -3.69. The van der Waals surface area contributed by atoms with Gasteiger partial charge >= 0.3 is 0 Å². The van der Waals surface area contributed by atoms with E-state index < -0.39 is 39.1 Å². The number of aromatic nitrogens is 2. The van der Waals surface area contributed by atoms with Crippen molar-refractivity contribution in [2.45, 2.75) is 25.8 Å². The van der Waals surface area contributed by atoms with Crippen molar-refractivity contribution in [3.8, 4) is 5.75 Å². The molecule has 12 heteroatoms. The first-order chi connectivity index (χ1) is 16.7. The van der Waals surface area contributed by atoms with Crippen molar-refractivity contribution in [3.05, 3.63) is 59.2 Å². The second-order valence-corrected chi connectivity index (χ2v) is 10.1. The van der Waals surface area contributed by atoms with E-state index >= 15 is 0 Å². The summed E-state index contributed by atoms with van der Waals surface area (Å²) in [6.07, 6.45) is 3.30. The van der Waals surface area contributed by atoms with E-state index in [1.54, 1.807) is 12.1 Å². The summed E-state index contributed by atoms with van der Waals surface area (Å²) in [5.41, 5.74) is 0.0125. The Kier molecular flexibility index (Phi) is 6.83. The fourth-order valence-electron chi connectivity index (χ4n) is 3.97. The maximum Gasteiger partial charge on any atom is 0.274 e. The standard InChI is InChI=1S/C23H24FN5O5S/c1-25-22(31)17-12-15(24)8-7-14(17)13-27-23(32)19-20(30)18-16(6-5-9-26-18)21(28-19)29-10-3-2-4-11-35(29,33)34/h5-9,12,30H,2-4,10-11,13H2,1H3,(H,25,31)(H,27,32). The number of hydrogen-bond donors (Lipinski definition) is 3. The summed E-state index contributed by atoms with van der Waals surface area (Å²) in [7, 11) is -2.29. The molecule has 2 amide bonds. The first-order valence-corrected chi connectivity index (χ1v) is 12.6. The number of carbonyl (C=O) groups is 2. The number of benzene rings is 1. The Hall–Kier alpha value is -3.80. The highest BCUT2D eigenvalue weighted by molar-refractivity contribution is 7.92. The van der Waals surface area contributed by atoms with Crippen LogP contribution in [0.1, 0.15) is 45.7 Å². The van der Waals surface area contributed by atoms with Crippen molar-refractivity contribution in [2.75, 3.05) is 23.7 Å². The summed E-state index contributed by atoms with van der Waals surface area (Å²) in [4.78, 5) is 33.6. The van der Waals surface area contributed by atoms with Gasteiger partial charge in [0, 0.05) is 37.3 Å². The number of amides is 2. The number of aromatic hydroxyl groups is 1. The highest BCUT2D eigenvalue weighted by Gasteiger charge is 2.30. The average molecular weight is 502 g/mol. The Morgan fingerprint density at radius 1 is 1.17 bits per heavy atom. The van der Waals surface area contributed by atoms with Gasteiger partial charge in [-0.3, -0.25) is 18.9 Å². The van der Waals surface area contributed by atoms with E-state index in [1.165, 1.54) is 23.6 Å². The Bertz CT molecular complexity index is 1410. The summed E-state index contributed by atoms with van der Waals surface area (Å²) in [6, 6.07) is 6.75. The van der Waals surface area contributed by atoms with E-state index in [0.29, 0.717) is 23.8 Å². The molecule has 1 fully saturated rings. The molecule has 0 aliphatic carbocycles. The molecule has 3 heterocycles. The van der Waals surface area contributed by atoms with Crippen LogP contribution in [0.2, 0.25) is 0 Å². The van der Waals surface area contributed by atoms with Crippen molar-refractivity contribution in [3.63, 3.8) is 0 Å². The van der Waals surface area contributed by atoms with Gasteiger partial charge in [0.25, 0.3) is 11.8 Å². The first-order valence-electron chi connectivity index (χ1n) is 11.0. The lowest BCUT2D eigenvalue weighted by Crippen LogP contribution is -2.34. The van der Waals surface area contributed by atoms with Crippen molar-refractivity contribution in [1.29, 1.82) is 0 Å². The molecule has 3 aromatic rings. The van der Waals surface area contributed by atoms with Crippen molar-refractivity contribution >= 4 is 38.6 Å². The number of halogens is 1. The monoisotopic (exact) mass is 501 g/mol. The van der Waals surface area contributed by atoms with Crippen LogP contribution in [0.4, 0.5) is 10.2 Å². The largest absolute Gasteiger partial charge is 0.504 e. The SMILES string of the molecule is CNC(=O)c1cc(F)ccc1CNC(=O)c1nc(N2CCCCCS2(=O)=O)c2cccnc2c1O. The number of carbonyl (C=O) groups excluding carboxylic acids is 2. The normalized spacial score (nSPS) is 15.4. The second-order valence-electron chi connectivity index (χ2n) is 8.04. The maximum absolute atomic E-state index is 13.7. The lowest BCUT2D eigenvalue weighted by atomic mass is 10.1. The molecule has 1 aliphatic rings. The van der Waals surface area contributed by atoms with Gasteiger partial charge in [0.05, 0.1) is 5.75 Å². The Balaban J connectivity index is 1.73. The van der Waals surface area contributed by atoms with Gasteiger partial charge in [-0.25, -0.2) is 17.8 Å². The molecule has 184 valence electrons. The maximum atomic E-state index is 13.7. The molecule has 0 unspecified atom stereocenters. The number of pyridine rings is 2. The number of anilines is 1. The summed E-state index contributed by atoms with van der Waals surface area (Å²) in [6.45, 7) is 0.0246. The van der Waals surface area contributed by atoms with Crippen LogP contribution in [0.5, 0.6) is 5.75 Å². The van der Waals surface area contributed by atoms with E-state index in [0.717, 1.165) is 18.6 Å². The minimum absolute atomic E-state index is 0.0192. The Labute approximate surface area is 201 Å². The highest BCUT2D eigenvalue weighted by atomic mass is 32.2. The molecule has 3 N–H and O–H groups in total. The van der Waals surface area contributed by atoms with Crippen LogP contribution in [0.25, 0.3) is 10.9 Å². The third-order valence-corrected chi connectivity index (χ3v) is 7.58. The van der Waals surface area contributed by atoms with E-state index in [1.807, 2.05) is 0 Å². The molecular weight excluding hydrogens is 477 g/mol. The van der Waals surface area contributed by atoms with E-state index in [-0.39, 0.29) is 35.7 Å². The Morgan fingerprint density at radius 3 is 2.74 bits per heavy atom. The van der Waals surface area contributed by atoms with Crippen molar-refractivity contribution in [2.24, 2.45) is 0 Å². The predicted octanol–water partition coefficient (Wildman–Crippen LogP) is 2.08. The number of nitrogens with one attached hydrogen (secondary N) is 2. The van der Waals surface area contributed by atoms with Gasteiger partial charge in [-0.15, -0.1) is 0 Å². The van der Waals surface area contributed by atoms with Crippen LogP contribution < -0.4 is 14.9 Å². The average Bonchev–Trinajstić information content (AvgIpc) is 3.03.